The van der Waals surface area contributed by atoms with E-state index < -0.39 is 0 Å². The van der Waals surface area contributed by atoms with E-state index >= 15 is 0 Å². The number of aldehydes is 1. The molecule has 1 aromatic carbocycles. The zero-order chi connectivity index (χ0) is 14.1. The minimum absolute atomic E-state index is 0. The fourth-order valence-electron chi connectivity index (χ4n) is 3.88. The van der Waals surface area contributed by atoms with Crippen LogP contribution in [0.2, 0.25) is 0 Å². The lowest BCUT2D eigenvalue weighted by Crippen LogP contribution is -2.43. The first-order valence-electron chi connectivity index (χ1n) is 7.28. The summed E-state index contributed by atoms with van der Waals surface area (Å²) in [6.45, 7) is 0.559. The van der Waals surface area contributed by atoms with Gasteiger partial charge in [0.15, 0.2) is 0 Å². The van der Waals surface area contributed by atoms with Crippen molar-refractivity contribution in [1.82, 2.24) is 4.90 Å². The molecule has 2 aliphatic rings. The molecule has 0 spiro atoms. The van der Waals surface area contributed by atoms with Crippen molar-refractivity contribution in [3.05, 3.63) is 35.4 Å². The van der Waals surface area contributed by atoms with Crippen LogP contribution < -0.4 is 5.73 Å². The van der Waals surface area contributed by atoms with E-state index in [-0.39, 0.29) is 18.3 Å². The second-order valence-corrected chi connectivity index (χ2v) is 5.91. The average Bonchev–Trinajstić information content (AvgIpc) is 2.70. The number of fused-ring (bicyclic) bond motifs is 2. The summed E-state index contributed by atoms with van der Waals surface area (Å²) in [5.74, 6) is 0.114. The van der Waals surface area contributed by atoms with Crippen molar-refractivity contribution in [3.63, 3.8) is 0 Å². The Morgan fingerprint density at radius 3 is 2.52 bits per heavy atom. The van der Waals surface area contributed by atoms with Crippen LogP contribution in [-0.2, 0) is 4.79 Å². The monoisotopic (exact) mass is 308 g/mol. The summed E-state index contributed by atoms with van der Waals surface area (Å²) in [7, 11) is 0. The smallest absolute Gasteiger partial charge is 0.248 e. The van der Waals surface area contributed by atoms with Gasteiger partial charge in [0.05, 0.1) is 6.54 Å². The maximum absolute atomic E-state index is 11.3. The number of amides is 1. The third-order valence-electron chi connectivity index (χ3n) is 4.81. The molecular formula is C16H21ClN2O2. The van der Waals surface area contributed by atoms with Crippen molar-refractivity contribution < 1.29 is 9.59 Å². The summed E-state index contributed by atoms with van der Waals surface area (Å²) < 4.78 is 0. The quantitative estimate of drug-likeness (QED) is 0.867. The highest BCUT2D eigenvalue weighted by molar-refractivity contribution is 5.92. The zero-order valence-corrected chi connectivity index (χ0v) is 12.7. The van der Waals surface area contributed by atoms with Gasteiger partial charge in [-0.25, -0.2) is 0 Å². The number of benzene rings is 1. The molecule has 3 rings (SSSR count). The minimum atomic E-state index is -0.367. The lowest BCUT2D eigenvalue weighted by atomic mass is 9.84. The van der Waals surface area contributed by atoms with Crippen molar-refractivity contribution in [2.24, 2.45) is 5.73 Å². The van der Waals surface area contributed by atoms with E-state index in [9.17, 15) is 9.59 Å². The molecule has 114 valence electrons. The van der Waals surface area contributed by atoms with Crippen molar-refractivity contribution >= 4 is 24.6 Å². The van der Waals surface area contributed by atoms with Crippen LogP contribution in [0.1, 0.15) is 47.5 Å². The molecule has 1 aromatic rings. The molecule has 0 aromatic heterocycles. The Morgan fingerprint density at radius 2 is 1.95 bits per heavy atom. The Morgan fingerprint density at radius 1 is 1.29 bits per heavy atom. The van der Waals surface area contributed by atoms with Gasteiger partial charge in [-0.15, -0.1) is 12.4 Å². The Balaban J connectivity index is 0.00000161. The van der Waals surface area contributed by atoms with Crippen LogP contribution in [0.15, 0.2) is 24.3 Å². The van der Waals surface area contributed by atoms with Gasteiger partial charge in [-0.05, 0) is 49.3 Å². The highest BCUT2D eigenvalue weighted by Gasteiger charge is 2.40. The van der Waals surface area contributed by atoms with E-state index in [2.05, 4.69) is 11.0 Å². The maximum Gasteiger partial charge on any atom is 0.248 e. The first kappa shape index (κ1) is 16.0. The van der Waals surface area contributed by atoms with Crippen LogP contribution in [0, 0.1) is 0 Å². The van der Waals surface area contributed by atoms with E-state index in [0.29, 0.717) is 30.1 Å². The van der Waals surface area contributed by atoms with Gasteiger partial charge in [0, 0.05) is 17.6 Å². The minimum Gasteiger partial charge on any atom is -0.366 e. The number of hydrogen-bond donors (Lipinski definition) is 1. The molecule has 5 heteroatoms. The Hall–Kier alpha value is -1.39. The molecule has 0 radical (unpaired) electrons. The topological polar surface area (TPSA) is 63.4 Å². The van der Waals surface area contributed by atoms with Gasteiger partial charge in [0.25, 0.3) is 0 Å². The first-order chi connectivity index (χ1) is 9.69. The predicted octanol–water partition coefficient (Wildman–Crippen LogP) is 2.12. The number of nitrogens with zero attached hydrogens (tertiary/aromatic N) is 1. The molecule has 2 bridgehead atoms. The van der Waals surface area contributed by atoms with Gasteiger partial charge >= 0.3 is 0 Å². The molecule has 4 nitrogen and oxygen atoms in total. The number of rotatable bonds is 4. The largest absolute Gasteiger partial charge is 0.366 e. The van der Waals surface area contributed by atoms with Crippen molar-refractivity contribution in [2.75, 3.05) is 6.54 Å². The first-order valence-corrected chi connectivity index (χ1v) is 7.28. The Bertz CT molecular complexity index is 521. The van der Waals surface area contributed by atoms with Crippen LogP contribution in [0.4, 0.5) is 0 Å². The lowest BCUT2D eigenvalue weighted by Gasteiger charge is -2.38. The number of halogens is 1. The average molecular weight is 309 g/mol. The molecule has 1 amide bonds. The van der Waals surface area contributed by atoms with Crippen LogP contribution in [0.5, 0.6) is 0 Å². The lowest BCUT2D eigenvalue weighted by molar-refractivity contribution is -0.109. The third kappa shape index (κ3) is 3.11. The Labute approximate surface area is 131 Å². The van der Waals surface area contributed by atoms with E-state index in [0.717, 1.165) is 19.1 Å². The number of primary amides is 1. The highest BCUT2D eigenvalue weighted by Crippen LogP contribution is 2.42. The summed E-state index contributed by atoms with van der Waals surface area (Å²) in [6, 6.07) is 8.73. The number of carbonyl (C=O) groups is 2. The van der Waals surface area contributed by atoms with E-state index in [1.54, 1.807) is 6.07 Å². The summed E-state index contributed by atoms with van der Waals surface area (Å²) in [6.07, 6.45) is 5.54. The molecule has 21 heavy (non-hydrogen) atoms. The number of hydrogen-bond acceptors (Lipinski definition) is 3. The standard InChI is InChI=1S/C16H20N2O2.ClH/c17-16(20)12-3-1-2-11(8-12)13-9-14-4-5-15(10-13)18(14)6-7-19;/h1-3,7-8,13-15H,4-6,9-10H2,(H2,17,20);1H/t13-,14+,15-;. The van der Waals surface area contributed by atoms with Crippen molar-refractivity contribution in [3.8, 4) is 0 Å². The van der Waals surface area contributed by atoms with Gasteiger partial charge in [-0.1, -0.05) is 12.1 Å². The third-order valence-corrected chi connectivity index (χ3v) is 4.81. The van der Waals surface area contributed by atoms with E-state index in [4.69, 9.17) is 5.73 Å². The van der Waals surface area contributed by atoms with Gasteiger partial charge < -0.3 is 10.5 Å². The summed E-state index contributed by atoms with van der Waals surface area (Å²) in [4.78, 5) is 24.4. The van der Waals surface area contributed by atoms with Gasteiger partial charge in [-0.2, -0.15) is 0 Å². The molecular weight excluding hydrogens is 288 g/mol. The van der Waals surface area contributed by atoms with Crippen LogP contribution >= 0.6 is 12.4 Å². The maximum atomic E-state index is 11.3. The summed E-state index contributed by atoms with van der Waals surface area (Å²) in [5.41, 5.74) is 7.15. The fraction of sp³-hybridized carbons (Fsp3) is 0.500. The van der Waals surface area contributed by atoms with E-state index in [1.807, 2.05) is 12.1 Å². The summed E-state index contributed by atoms with van der Waals surface area (Å²) >= 11 is 0. The number of nitrogens with two attached hydrogens (primary N) is 1. The number of carbonyl (C=O) groups excluding carboxylic acids is 2. The second kappa shape index (κ2) is 6.58. The Kier molecular flexibility index (Phi) is 5.01. The van der Waals surface area contributed by atoms with Gasteiger partial charge in [-0.3, -0.25) is 9.69 Å². The molecule has 0 saturated carbocycles. The molecule has 3 atom stereocenters. The molecule has 2 aliphatic heterocycles. The fourth-order valence-corrected chi connectivity index (χ4v) is 3.88. The van der Waals surface area contributed by atoms with E-state index in [1.165, 1.54) is 18.4 Å². The van der Waals surface area contributed by atoms with Crippen molar-refractivity contribution in [2.45, 2.75) is 43.7 Å². The zero-order valence-electron chi connectivity index (χ0n) is 11.9. The number of piperidine rings is 1. The molecule has 2 N–H and O–H groups in total. The predicted molar refractivity (Wildman–Crippen MR) is 83.8 cm³/mol. The molecule has 0 aliphatic carbocycles. The SMILES string of the molecule is Cl.NC(=O)c1cccc([C@H]2C[C@H]3CC[C@@H](C2)N3CC=O)c1. The van der Waals surface area contributed by atoms with Crippen molar-refractivity contribution in [1.29, 1.82) is 0 Å². The molecule has 2 fully saturated rings. The molecule has 0 unspecified atom stereocenters. The normalized spacial score (nSPS) is 27.9. The van der Waals surface area contributed by atoms with Crippen LogP contribution in [-0.4, -0.2) is 35.7 Å². The van der Waals surface area contributed by atoms with Crippen LogP contribution in [0.3, 0.4) is 0 Å². The summed E-state index contributed by atoms with van der Waals surface area (Å²) in [5, 5.41) is 0. The van der Waals surface area contributed by atoms with Gasteiger partial charge in [0.2, 0.25) is 5.91 Å². The highest BCUT2D eigenvalue weighted by atomic mass is 35.5. The van der Waals surface area contributed by atoms with Gasteiger partial charge in [0.1, 0.15) is 6.29 Å². The second-order valence-electron chi connectivity index (χ2n) is 5.91. The van der Waals surface area contributed by atoms with Crippen LogP contribution in [0.25, 0.3) is 0 Å². The molecule has 2 heterocycles. The molecule has 2 saturated heterocycles.